The molecule has 2 N–H and O–H groups in total. The van der Waals surface area contributed by atoms with Crippen LogP contribution in [0.25, 0.3) is 0 Å². The molecule has 5 saturated carbocycles. The third-order valence-corrected chi connectivity index (χ3v) is 9.88. The molecule has 1 aromatic carbocycles. The van der Waals surface area contributed by atoms with Gasteiger partial charge in [-0.1, -0.05) is 25.0 Å². The monoisotopic (exact) mass is 444 g/mol. The van der Waals surface area contributed by atoms with Crippen LogP contribution in [-0.4, -0.2) is 26.9 Å². The van der Waals surface area contributed by atoms with Crippen molar-refractivity contribution in [2.45, 2.75) is 88.0 Å². The third kappa shape index (κ3) is 4.85. The number of amides is 1. The molecule has 5 nitrogen and oxygen atoms in total. The Kier molecular flexibility index (Phi) is 5.89. The van der Waals surface area contributed by atoms with E-state index in [-0.39, 0.29) is 17.4 Å². The van der Waals surface area contributed by atoms with E-state index in [4.69, 9.17) is 0 Å². The van der Waals surface area contributed by atoms with E-state index in [0.29, 0.717) is 17.9 Å². The molecule has 5 fully saturated rings. The Morgan fingerprint density at radius 2 is 1.52 bits per heavy atom. The van der Waals surface area contributed by atoms with E-state index in [9.17, 15) is 13.2 Å². The summed E-state index contributed by atoms with van der Waals surface area (Å²) in [5.74, 6) is 2.81. The summed E-state index contributed by atoms with van der Waals surface area (Å²) in [6.07, 6.45) is 13.5. The van der Waals surface area contributed by atoms with Crippen LogP contribution in [-0.2, 0) is 21.2 Å². The lowest BCUT2D eigenvalue weighted by Crippen LogP contribution is -2.48. The largest absolute Gasteiger partial charge is 0.356 e. The molecule has 0 saturated heterocycles. The summed E-state index contributed by atoms with van der Waals surface area (Å²) in [6.45, 7) is 0.609. The molecule has 0 unspecified atom stereocenters. The number of sulfonamides is 1. The van der Waals surface area contributed by atoms with Gasteiger partial charge in [-0.15, -0.1) is 0 Å². The van der Waals surface area contributed by atoms with E-state index in [1.54, 1.807) is 12.1 Å². The quantitative estimate of drug-likeness (QED) is 0.632. The van der Waals surface area contributed by atoms with Crippen molar-refractivity contribution in [3.8, 4) is 0 Å². The van der Waals surface area contributed by atoms with Gasteiger partial charge in [0.1, 0.15) is 0 Å². The number of nitrogens with one attached hydrogen (secondary N) is 2. The molecule has 0 aliphatic heterocycles. The van der Waals surface area contributed by atoms with Crippen LogP contribution in [0, 0.1) is 23.2 Å². The second kappa shape index (κ2) is 8.51. The maximum atomic E-state index is 12.7. The smallest absolute Gasteiger partial charge is 0.240 e. The van der Waals surface area contributed by atoms with E-state index in [1.807, 2.05) is 12.1 Å². The second-order valence-electron chi connectivity index (χ2n) is 10.9. The fourth-order valence-corrected chi connectivity index (χ4v) is 8.73. The van der Waals surface area contributed by atoms with Gasteiger partial charge < -0.3 is 5.32 Å². The first-order chi connectivity index (χ1) is 14.9. The predicted octanol–water partition coefficient (Wildman–Crippen LogP) is 4.17. The van der Waals surface area contributed by atoms with Gasteiger partial charge in [0, 0.05) is 19.0 Å². The number of hydrogen-bond acceptors (Lipinski definition) is 3. The number of carbonyl (C=O) groups is 1. The molecule has 170 valence electrons. The molecule has 6 rings (SSSR count). The van der Waals surface area contributed by atoms with Crippen LogP contribution in [0.1, 0.15) is 76.2 Å². The summed E-state index contributed by atoms with van der Waals surface area (Å²) < 4.78 is 27.9. The summed E-state index contributed by atoms with van der Waals surface area (Å²) in [5.41, 5.74) is 1.33. The van der Waals surface area contributed by atoms with Crippen molar-refractivity contribution >= 4 is 15.9 Å². The zero-order valence-corrected chi connectivity index (χ0v) is 19.3. The van der Waals surface area contributed by atoms with Crippen molar-refractivity contribution in [2.75, 3.05) is 6.54 Å². The summed E-state index contributed by atoms with van der Waals surface area (Å²) in [5, 5.41) is 3.13. The number of hydrogen-bond donors (Lipinski definition) is 2. The minimum absolute atomic E-state index is 0.0776. The maximum absolute atomic E-state index is 12.7. The van der Waals surface area contributed by atoms with Crippen molar-refractivity contribution in [1.82, 2.24) is 10.0 Å². The Balaban J connectivity index is 1.09. The molecular formula is C25H36N2O3S. The van der Waals surface area contributed by atoms with Gasteiger partial charge in [0.25, 0.3) is 0 Å². The normalized spacial score (nSPS) is 32.5. The molecule has 0 spiro atoms. The van der Waals surface area contributed by atoms with Crippen molar-refractivity contribution in [2.24, 2.45) is 23.2 Å². The van der Waals surface area contributed by atoms with Crippen molar-refractivity contribution in [1.29, 1.82) is 0 Å². The van der Waals surface area contributed by atoms with Gasteiger partial charge in [-0.2, -0.15) is 0 Å². The molecule has 5 aliphatic carbocycles. The third-order valence-electron chi connectivity index (χ3n) is 8.35. The Morgan fingerprint density at radius 1 is 0.935 bits per heavy atom. The Hall–Kier alpha value is -1.40. The lowest BCUT2D eigenvalue weighted by atomic mass is 9.49. The van der Waals surface area contributed by atoms with Crippen LogP contribution in [0.5, 0.6) is 0 Å². The van der Waals surface area contributed by atoms with Crippen molar-refractivity contribution in [3.05, 3.63) is 29.8 Å². The highest BCUT2D eigenvalue weighted by Crippen LogP contribution is 2.61. The minimum atomic E-state index is -3.44. The van der Waals surface area contributed by atoms with Crippen LogP contribution >= 0.6 is 0 Å². The van der Waals surface area contributed by atoms with Gasteiger partial charge in [0.15, 0.2) is 0 Å². The first-order valence-corrected chi connectivity index (χ1v) is 13.8. The van der Waals surface area contributed by atoms with E-state index in [1.165, 1.54) is 38.5 Å². The number of rotatable bonds is 8. The topological polar surface area (TPSA) is 75.3 Å². The molecule has 31 heavy (non-hydrogen) atoms. The zero-order chi connectivity index (χ0) is 21.5. The zero-order valence-electron chi connectivity index (χ0n) is 18.4. The fraction of sp³-hybridized carbons (Fsp3) is 0.720. The summed E-state index contributed by atoms with van der Waals surface area (Å²) in [6, 6.07) is 7.19. The highest BCUT2D eigenvalue weighted by atomic mass is 32.2. The van der Waals surface area contributed by atoms with Gasteiger partial charge in [0.2, 0.25) is 15.9 Å². The van der Waals surface area contributed by atoms with E-state index in [0.717, 1.165) is 55.4 Å². The highest BCUT2D eigenvalue weighted by Gasteiger charge is 2.51. The molecule has 1 aromatic rings. The molecule has 6 heteroatoms. The molecular weight excluding hydrogens is 408 g/mol. The Bertz CT molecular complexity index is 868. The van der Waals surface area contributed by atoms with Gasteiger partial charge in [-0.3, -0.25) is 4.79 Å². The molecule has 1 amide bonds. The van der Waals surface area contributed by atoms with Crippen molar-refractivity contribution in [3.63, 3.8) is 0 Å². The highest BCUT2D eigenvalue weighted by molar-refractivity contribution is 7.89. The Labute approximate surface area is 186 Å². The van der Waals surface area contributed by atoms with Crippen LogP contribution in [0.3, 0.4) is 0 Å². The van der Waals surface area contributed by atoms with Gasteiger partial charge in [-0.05, 0) is 98.7 Å². The minimum Gasteiger partial charge on any atom is -0.356 e. The SMILES string of the molecule is O=C(CC12CC3CC(CC(C3)C1)C2)NCCc1ccc(S(=O)(=O)NC2CCCC2)cc1. The molecule has 0 heterocycles. The molecule has 0 radical (unpaired) electrons. The summed E-state index contributed by atoms with van der Waals surface area (Å²) in [4.78, 5) is 13.0. The molecule has 0 atom stereocenters. The van der Waals surface area contributed by atoms with Gasteiger partial charge in [-0.25, -0.2) is 13.1 Å². The number of carbonyl (C=O) groups excluding carboxylic acids is 1. The van der Waals surface area contributed by atoms with Crippen LogP contribution in [0.15, 0.2) is 29.2 Å². The van der Waals surface area contributed by atoms with Gasteiger partial charge >= 0.3 is 0 Å². The van der Waals surface area contributed by atoms with E-state index in [2.05, 4.69) is 10.0 Å². The van der Waals surface area contributed by atoms with Crippen LogP contribution in [0.4, 0.5) is 0 Å². The summed E-state index contributed by atoms with van der Waals surface area (Å²) >= 11 is 0. The van der Waals surface area contributed by atoms with Crippen LogP contribution < -0.4 is 10.0 Å². The first-order valence-electron chi connectivity index (χ1n) is 12.3. The standard InChI is InChI=1S/C25H36N2O3S/c28-24(17-25-14-19-11-20(15-25)13-21(12-19)16-25)26-10-9-18-5-7-23(8-6-18)31(29,30)27-22-3-1-2-4-22/h5-8,19-22,27H,1-4,9-17H2,(H,26,28). The maximum Gasteiger partial charge on any atom is 0.240 e. The second-order valence-corrected chi connectivity index (χ2v) is 12.7. The fourth-order valence-electron chi connectivity index (χ4n) is 7.42. The average Bonchev–Trinajstić information content (AvgIpc) is 3.19. The lowest BCUT2D eigenvalue weighted by Gasteiger charge is -2.56. The van der Waals surface area contributed by atoms with E-state index < -0.39 is 10.0 Å². The molecule has 5 aliphatic rings. The molecule has 4 bridgehead atoms. The Morgan fingerprint density at radius 3 is 2.10 bits per heavy atom. The summed E-state index contributed by atoms with van der Waals surface area (Å²) in [7, 11) is -3.44. The lowest BCUT2D eigenvalue weighted by molar-refractivity contribution is -0.129. The molecule has 0 aromatic heterocycles. The van der Waals surface area contributed by atoms with Crippen LogP contribution in [0.2, 0.25) is 0 Å². The van der Waals surface area contributed by atoms with Crippen molar-refractivity contribution < 1.29 is 13.2 Å². The number of benzene rings is 1. The predicted molar refractivity (Wildman–Crippen MR) is 121 cm³/mol. The average molecular weight is 445 g/mol. The first kappa shape index (κ1) is 21.4. The van der Waals surface area contributed by atoms with E-state index >= 15 is 0 Å². The van der Waals surface area contributed by atoms with Gasteiger partial charge in [0.05, 0.1) is 4.90 Å².